The van der Waals surface area contributed by atoms with Gasteiger partial charge in [-0.25, -0.2) is 0 Å². The van der Waals surface area contributed by atoms with Gasteiger partial charge < -0.3 is 14.8 Å². The van der Waals surface area contributed by atoms with Gasteiger partial charge in [0.1, 0.15) is 0 Å². The van der Waals surface area contributed by atoms with Crippen LogP contribution in [-0.4, -0.2) is 23.2 Å². The molecule has 1 aliphatic carbocycles. The second kappa shape index (κ2) is 5.56. The van der Waals surface area contributed by atoms with Crippen LogP contribution in [0.5, 0.6) is 0 Å². The summed E-state index contributed by atoms with van der Waals surface area (Å²) in [6.45, 7) is 0. The first-order chi connectivity index (χ1) is 8.16. The Hall–Kier alpha value is -1.00. The zero-order chi connectivity index (χ0) is 12.3. The predicted octanol–water partition coefficient (Wildman–Crippen LogP) is 2.36. The van der Waals surface area contributed by atoms with Gasteiger partial charge in [-0.15, -0.1) is 0 Å². The summed E-state index contributed by atoms with van der Waals surface area (Å²) in [6.07, 6.45) is 4.23. The minimum absolute atomic E-state index is 0.186. The van der Waals surface area contributed by atoms with Crippen molar-refractivity contribution < 1.29 is 14.3 Å². The topological polar surface area (TPSA) is 62.5 Å². The van der Waals surface area contributed by atoms with Crippen molar-refractivity contribution in [3.8, 4) is 0 Å². The highest BCUT2D eigenvalue weighted by Gasteiger charge is 2.24. The van der Waals surface area contributed by atoms with Gasteiger partial charge in [-0.2, -0.15) is 0 Å². The van der Waals surface area contributed by atoms with E-state index in [9.17, 15) is 9.90 Å². The van der Waals surface area contributed by atoms with Crippen molar-refractivity contribution in [3.63, 3.8) is 0 Å². The summed E-state index contributed by atoms with van der Waals surface area (Å²) in [7, 11) is 0. The lowest BCUT2D eigenvalue weighted by molar-refractivity contribution is 0.0794. The summed E-state index contributed by atoms with van der Waals surface area (Å²) in [4.78, 5) is 11.8. The summed E-state index contributed by atoms with van der Waals surface area (Å²) in [6, 6.07) is 2.87. The molecule has 0 bridgehead atoms. The number of amides is 1. The standard InChI is InChI=1S/C12H16ClNO3/c13-11-7-6-10(17-11)12(16)14-8-4-2-1-3-5-9(8)15/h6-9,15H,1-5H2,(H,14,16). The average Bonchev–Trinajstić information content (AvgIpc) is 2.63. The number of aliphatic hydroxyl groups excluding tert-OH is 1. The number of hydrogen-bond acceptors (Lipinski definition) is 3. The summed E-state index contributed by atoms with van der Waals surface area (Å²) >= 11 is 5.61. The Balaban J connectivity index is 1.97. The largest absolute Gasteiger partial charge is 0.440 e. The molecule has 94 valence electrons. The Labute approximate surface area is 105 Å². The molecule has 1 saturated carbocycles. The van der Waals surface area contributed by atoms with Gasteiger partial charge in [0, 0.05) is 0 Å². The number of aliphatic hydroxyl groups is 1. The van der Waals surface area contributed by atoms with Crippen molar-refractivity contribution in [1.82, 2.24) is 5.32 Å². The van der Waals surface area contributed by atoms with Crippen LogP contribution >= 0.6 is 11.6 Å². The Morgan fingerprint density at radius 2 is 2.12 bits per heavy atom. The van der Waals surface area contributed by atoms with Crippen LogP contribution in [0.3, 0.4) is 0 Å². The molecule has 17 heavy (non-hydrogen) atoms. The lowest BCUT2D eigenvalue weighted by atomic mass is 10.1. The van der Waals surface area contributed by atoms with E-state index in [1.165, 1.54) is 12.1 Å². The molecule has 0 saturated heterocycles. The molecule has 0 radical (unpaired) electrons. The highest BCUT2D eigenvalue weighted by molar-refractivity contribution is 6.29. The zero-order valence-corrected chi connectivity index (χ0v) is 10.2. The van der Waals surface area contributed by atoms with Gasteiger partial charge in [0.25, 0.3) is 5.91 Å². The maximum atomic E-state index is 11.8. The Bertz CT molecular complexity index is 391. The van der Waals surface area contributed by atoms with Crippen molar-refractivity contribution in [2.45, 2.75) is 44.2 Å². The molecule has 2 rings (SSSR count). The first kappa shape index (κ1) is 12.5. The van der Waals surface area contributed by atoms with Crippen molar-refractivity contribution in [2.24, 2.45) is 0 Å². The smallest absolute Gasteiger partial charge is 0.287 e. The van der Waals surface area contributed by atoms with Crippen LogP contribution in [0.25, 0.3) is 0 Å². The van der Waals surface area contributed by atoms with Crippen LogP contribution < -0.4 is 5.32 Å². The molecule has 4 nitrogen and oxygen atoms in total. The monoisotopic (exact) mass is 257 g/mol. The normalized spacial score (nSPS) is 25.3. The minimum Gasteiger partial charge on any atom is -0.440 e. The first-order valence-electron chi connectivity index (χ1n) is 5.91. The third-order valence-corrected chi connectivity index (χ3v) is 3.30. The molecular formula is C12H16ClNO3. The van der Waals surface area contributed by atoms with Crippen LogP contribution in [0.15, 0.2) is 16.5 Å². The van der Waals surface area contributed by atoms with Gasteiger partial charge in [-0.3, -0.25) is 4.79 Å². The molecule has 2 N–H and O–H groups in total. The number of furan rings is 1. The van der Waals surface area contributed by atoms with Gasteiger partial charge in [0.2, 0.25) is 0 Å². The van der Waals surface area contributed by atoms with Crippen LogP contribution in [0.2, 0.25) is 5.22 Å². The van der Waals surface area contributed by atoms with E-state index in [0.717, 1.165) is 32.1 Å². The fraction of sp³-hybridized carbons (Fsp3) is 0.583. The van der Waals surface area contributed by atoms with Gasteiger partial charge in [-0.1, -0.05) is 19.3 Å². The number of carbonyl (C=O) groups excluding carboxylic acids is 1. The Morgan fingerprint density at radius 3 is 2.82 bits per heavy atom. The van der Waals surface area contributed by atoms with Gasteiger partial charge >= 0.3 is 0 Å². The van der Waals surface area contributed by atoms with E-state index < -0.39 is 6.10 Å². The predicted molar refractivity (Wildman–Crippen MR) is 64.1 cm³/mol. The molecule has 5 heteroatoms. The molecule has 1 aromatic heterocycles. The van der Waals surface area contributed by atoms with Crippen LogP contribution in [-0.2, 0) is 0 Å². The highest BCUT2D eigenvalue weighted by Crippen LogP contribution is 2.19. The molecule has 0 aromatic carbocycles. The molecule has 1 aliphatic rings. The second-order valence-corrected chi connectivity index (χ2v) is 4.76. The fourth-order valence-electron chi connectivity index (χ4n) is 2.13. The van der Waals surface area contributed by atoms with E-state index in [-0.39, 0.29) is 22.9 Å². The van der Waals surface area contributed by atoms with E-state index in [1.54, 1.807) is 0 Å². The van der Waals surface area contributed by atoms with E-state index in [4.69, 9.17) is 16.0 Å². The van der Waals surface area contributed by atoms with Crippen molar-refractivity contribution in [3.05, 3.63) is 23.1 Å². The van der Waals surface area contributed by atoms with Crippen molar-refractivity contribution in [2.75, 3.05) is 0 Å². The van der Waals surface area contributed by atoms with E-state index in [1.807, 2.05) is 0 Å². The number of rotatable bonds is 2. The number of halogens is 1. The van der Waals surface area contributed by atoms with Crippen molar-refractivity contribution >= 4 is 17.5 Å². The highest BCUT2D eigenvalue weighted by atomic mass is 35.5. The Morgan fingerprint density at radius 1 is 1.35 bits per heavy atom. The molecule has 0 spiro atoms. The lowest BCUT2D eigenvalue weighted by Gasteiger charge is -2.20. The summed E-state index contributed by atoms with van der Waals surface area (Å²) in [5, 5.41) is 12.9. The molecule has 1 heterocycles. The van der Waals surface area contributed by atoms with Gasteiger partial charge in [0.15, 0.2) is 11.0 Å². The van der Waals surface area contributed by atoms with Gasteiger partial charge in [0.05, 0.1) is 12.1 Å². The maximum Gasteiger partial charge on any atom is 0.287 e. The second-order valence-electron chi connectivity index (χ2n) is 4.39. The molecule has 1 fully saturated rings. The van der Waals surface area contributed by atoms with E-state index in [2.05, 4.69) is 5.32 Å². The quantitative estimate of drug-likeness (QED) is 0.800. The molecule has 2 unspecified atom stereocenters. The molecular weight excluding hydrogens is 242 g/mol. The Kier molecular flexibility index (Phi) is 4.07. The SMILES string of the molecule is O=C(NC1CCCCCC1O)c1ccc(Cl)o1. The van der Waals surface area contributed by atoms with Crippen LogP contribution in [0.4, 0.5) is 0 Å². The lowest BCUT2D eigenvalue weighted by Crippen LogP contribution is -2.42. The summed E-state index contributed by atoms with van der Waals surface area (Å²) in [5.74, 6) is -0.130. The van der Waals surface area contributed by atoms with Crippen LogP contribution in [0, 0.1) is 0 Å². The first-order valence-corrected chi connectivity index (χ1v) is 6.29. The summed E-state index contributed by atoms with van der Waals surface area (Å²) < 4.78 is 5.03. The van der Waals surface area contributed by atoms with Crippen molar-refractivity contribution in [1.29, 1.82) is 0 Å². The third kappa shape index (κ3) is 3.23. The minimum atomic E-state index is -0.466. The van der Waals surface area contributed by atoms with Crippen LogP contribution in [0.1, 0.15) is 42.7 Å². The summed E-state index contributed by atoms with van der Waals surface area (Å²) in [5.41, 5.74) is 0. The molecule has 1 amide bonds. The van der Waals surface area contributed by atoms with Gasteiger partial charge in [-0.05, 0) is 36.6 Å². The maximum absolute atomic E-state index is 11.8. The third-order valence-electron chi connectivity index (χ3n) is 3.09. The molecule has 0 aliphatic heterocycles. The number of hydrogen-bond donors (Lipinski definition) is 2. The average molecular weight is 258 g/mol. The molecule has 1 aromatic rings. The molecule has 2 atom stereocenters. The number of carbonyl (C=O) groups is 1. The van der Waals surface area contributed by atoms with E-state index >= 15 is 0 Å². The zero-order valence-electron chi connectivity index (χ0n) is 9.49. The number of nitrogens with one attached hydrogen (secondary N) is 1. The van der Waals surface area contributed by atoms with E-state index in [0.29, 0.717) is 0 Å². The fourth-order valence-corrected chi connectivity index (χ4v) is 2.28.